The Hall–Kier alpha value is -1.86. The molecule has 2 aromatic rings. The third-order valence-corrected chi connectivity index (χ3v) is 7.60. The van der Waals surface area contributed by atoms with Crippen molar-refractivity contribution in [2.45, 2.75) is 69.8 Å². The number of amides is 1. The fraction of sp³-hybridized carbons (Fsp3) is 0.609. The minimum absolute atomic E-state index is 0.0111. The molecule has 1 amide bonds. The van der Waals surface area contributed by atoms with E-state index in [0.29, 0.717) is 34.4 Å². The molecule has 4 unspecified atom stereocenters. The van der Waals surface area contributed by atoms with Crippen molar-refractivity contribution in [1.29, 1.82) is 0 Å². The minimum atomic E-state index is -0.0614. The van der Waals surface area contributed by atoms with Crippen molar-refractivity contribution in [2.24, 2.45) is 11.8 Å². The topological polar surface area (TPSA) is 73.2 Å². The first-order valence-electron chi connectivity index (χ1n) is 11.1. The number of carbonyl (C=O) groups excluding carboxylic acids is 1. The minimum Gasteiger partial charge on any atom is -0.376 e. The largest absolute Gasteiger partial charge is 0.376 e. The molecule has 1 N–H and O–H groups in total. The van der Waals surface area contributed by atoms with Crippen LogP contribution in [-0.2, 0) is 16.1 Å². The van der Waals surface area contributed by atoms with Crippen molar-refractivity contribution < 1.29 is 9.53 Å². The number of carbonyl (C=O) groups is 1. The molecule has 1 aromatic carbocycles. The van der Waals surface area contributed by atoms with E-state index in [4.69, 9.17) is 9.72 Å². The molecule has 30 heavy (non-hydrogen) atoms. The lowest BCUT2D eigenvalue weighted by molar-refractivity contribution is -0.120. The lowest BCUT2D eigenvalue weighted by Gasteiger charge is -2.34. The van der Waals surface area contributed by atoms with Crippen molar-refractivity contribution in [2.75, 3.05) is 12.4 Å². The van der Waals surface area contributed by atoms with Gasteiger partial charge in [-0.2, -0.15) is 0 Å². The number of ether oxygens (including phenoxy) is 1. The number of hydrogen-bond donors (Lipinski definition) is 1. The third kappa shape index (κ3) is 4.72. The molecule has 0 spiro atoms. The van der Waals surface area contributed by atoms with Gasteiger partial charge in [0.15, 0.2) is 5.16 Å². The van der Waals surface area contributed by atoms with Crippen molar-refractivity contribution in [1.82, 2.24) is 14.9 Å². The quantitative estimate of drug-likeness (QED) is 0.561. The molecular formula is C23H31N3O3S. The predicted octanol–water partition coefficient (Wildman–Crippen LogP) is 3.61. The van der Waals surface area contributed by atoms with Gasteiger partial charge in [-0.3, -0.25) is 14.2 Å². The lowest BCUT2D eigenvalue weighted by atomic mass is 9.78. The highest BCUT2D eigenvalue weighted by atomic mass is 32.2. The second kappa shape index (κ2) is 9.52. The van der Waals surface area contributed by atoms with Gasteiger partial charge in [0.25, 0.3) is 5.56 Å². The van der Waals surface area contributed by atoms with Crippen molar-refractivity contribution >= 4 is 28.6 Å². The van der Waals surface area contributed by atoms with E-state index in [1.165, 1.54) is 18.2 Å². The maximum absolute atomic E-state index is 13.1. The zero-order valence-electron chi connectivity index (χ0n) is 17.8. The summed E-state index contributed by atoms with van der Waals surface area (Å²) < 4.78 is 7.45. The fourth-order valence-electron chi connectivity index (χ4n) is 4.58. The maximum atomic E-state index is 13.1. The molecule has 1 saturated heterocycles. The SMILES string of the molecule is CC1CCCC(NC(=O)CSc2nc3ccccc3c(=O)n2CC2CCCO2)C1C. The van der Waals surface area contributed by atoms with Crippen LogP contribution in [0.15, 0.2) is 34.2 Å². The number of nitrogens with zero attached hydrogens (tertiary/aromatic N) is 2. The van der Waals surface area contributed by atoms with Crippen LogP contribution in [0.3, 0.4) is 0 Å². The highest BCUT2D eigenvalue weighted by Crippen LogP contribution is 2.29. The predicted molar refractivity (Wildman–Crippen MR) is 120 cm³/mol. The monoisotopic (exact) mass is 429 g/mol. The normalized spacial score (nSPS) is 26.7. The average Bonchev–Trinajstić information content (AvgIpc) is 3.25. The van der Waals surface area contributed by atoms with Crippen LogP contribution in [0.2, 0.25) is 0 Å². The summed E-state index contributed by atoms with van der Waals surface area (Å²) in [5.74, 6) is 1.39. The molecule has 0 bridgehead atoms. The summed E-state index contributed by atoms with van der Waals surface area (Å²) in [4.78, 5) is 30.5. The summed E-state index contributed by atoms with van der Waals surface area (Å²) in [5, 5.41) is 4.41. The van der Waals surface area contributed by atoms with Crippen LogP contribution in [-0.4, -0.2) is 40.0 Å². The zero-order valence-corrected chi connectivity index (χ0v) is 18.6. The molecule has 4 rings (SSSR count). The first-order valence-corrected chi connectivity index (χ1v) is 12.0. The third-order valence-electron chi connectivity index (χ3n) is 6.62. The van der Waals surface area contributed by atoms with Crippen LogP contribution in [0, 0.1) is 11.8 Å². The maximum Gasteiger partial charge on any atom is 0.262 e. The first kappa shape index (κ1) is 21.4. The lowest BCUT2D eigenvalue weighted by Crippen LogP contribution is -2.44. The van der Waals surface area contributed by atoms with Gasteiger partial charge in [-0.15, -0.1) is 0 Å². The van der Waals surface area contributed by atoms with Gasteiger partial charge in [0.2, 0.25) is 5.91 Å². The van der Waals surface area contributed by atoms with E-state index in [1.807, 2.05) is 24.3 Å². The van der Waals surface area contributed by atoms with E-state index in [1.54, 1.807) is 4.57 Å². The Morgan fingerprint density at radius 1 is 1.23 bits per heavy atom. The molecule has 1 saturated carbocycles. The number of thioether (sulfide) groups is 1. The molecule has 2 aliphatic rings. The molecule has 1 aromatic heterocycles. The Labute approximate surface area is 181 Å². The van der Waals surface area contributed by atoms with Crippen LogP contribution in [0.1, 0.15) is 46.0 Å². The average molecular weight is 430 g/mol. The van der Waals surface area contributed by atoms with E-state index in [9.17, 15) is 9.59 Å². The molecule has 162 valence electrons. The number of benzene rings is 1. The Morgan fingerprint density at radius 3 is 2.87 bits per heavy atom. The number of aromatic nitrogens is 2. The summed E-state index contributed by atoms with van der Waals surface area (Å²) in [5.41, 5.74) is 0.609. The molecule has 0 radical (unpaired) electrons. The van der Waals surface area contributed by atoms with Crippen LogP contribution in [0.25, 0.3) is 10.9 Å². The van der Waals surface area contributed by atoms with Gasteiger partial charge in [-0.1, -0.05) is 50.6 Å². The number of fused-ring (bicyclic) bond motifs is 1. The molecule has 1 aliphatic carbocycles. The second-order valence-corrected chi connectivity index (χ2v) is 9.63. The number of rotatable bonds is 6. The highest BCUT2D eigenvalue weighted by Gasteiger charge is 2.28. The molecule has 4 atom stereocenters. The molecular weight excluding hydrogens is 398 g/mol. The molecule has 1 aliphatic heterocycles. The Bertz CT molecular complexity index is 954. The highest BCUT2D eigenvalue weighted by molar-refractivity contribution is 7.99. The van der Waals surface area contributed by atoms with Gasteiger partial charge in [-0.05, 0) is 43.2 Å². The van der Waals surface area contributed by atoms with Crippen LogP contribution in [0.5, 0.6) is 0 Å². The van der Waals surface area contributed by atoms with E-state index in [0.717, 1.165) is 32.3 Å². The molecule has 2 fully saturated rings. The number of para-hydroxylation sites is 1. The van der Waals surface area contributed by atoms with Crippen molar-refractivity contribution in [3.8, 4) is 0 Å². The van der Waals surface area contributed by atoms with Gasteiger partial charge in [0.1, 0.15) is 0 Å². The van der Waals surface area contributed by atoms with Gasteiger partial charge >= 0.3 is 0 Å². The number of hydrogen-bond acceptors (Lipinski definition) is 5. The Morgan fingerprint density at radius 2 is 2.07 bits per heavy atom. The zero-order chi connectivity index (χ0) is 21.1. The Balaban J connectivity index is 1.50. The number of nitrogens with one attached hydrogen (secondary N) is 1. The van der Waals surface area contributed by atoms with E-state index >= 15 is 0 Å². The van der Waals surface area contributed by atoms with Crippen LogP contribution >= 0.6 is 11.8 Å². The van der Waals surface area contributed by atoms with Gasteiger partial charge < -0.3 is 10.1 Å². The van der Waals surface area contributed by atoms with Crippen molar-refractivity contribution in [3.63, 3.8) is 0 Å². The van der Waals surface area contributed by atoms with Crippen molar-refractivity contribution in [3.05, 3.63) is 34.6 Å². The van der Waals surface area contributed by atoms with E-state index < -0.39 is 0 Å². The summed E-state index contributed by atoms with van der Waals surface area (Å²) in [6, 6.07) is 7.63. The summed E-state index contributed by atoms with van der Waals surface area (Å²) in [7, 11) is 0. The molecule has 6 nitrogen and oxygen atoms in total. The van der Waals surface area contributed by atoms with Gasteiger partial charge in [0.05, 0.1) is 29.3 Å². The van der Waals surface area contributed by atoms with Crippen LogP contribution in [0.4, 0.5) is 0 Å². The summed E-state index contributed by atoms with van der Waals surface area (Å²) in [6.45, 7) is 5.72. The smallest absolute Gasteiger partial charge is 0.262 e. The summed E-state index contributed by atoms with van der Waals surface area (Å²) >= 11 is 1.34. The second-order valence-electron chi connectivity index (χ2n) is 8.69. The standard InChI is InChI=1S/C23H31N3O3S/c1-15-7-5-11-19(16(15)2)24-21(27)14-30-23-25-20-10-4-3-9-18(20)22(28)26(23)13-17-8-6-12-29-17/h3-4,9-10,15-17,19H,5-8,11-14H2,1-2H3,(H,24,27). The molecule has 2 heterocycles. The van der Waals surface area contributed by atoms with Gasteiger partial charge in [-0.25, -0.2) is 4.98 Å². The van der Waals surface area contributed by atoms with E-state index in [-0.39, 0.29) is 29.4 Å². The van der Waals surface area contributed by atoms with E-state index in [2.05, 4.69) is 19.2 Å². The fourth-order valence-corrected chi connectivity index (χ4v) is 5.39. The molecule has 7 heteroatoms. The summed E-state index contributed by atoms with van der Waals surface area (Å²) in [6.07, 6.45) is 5.43. The van der Waals surface area contributed by atoms with Crippen LogP contribution < -0.4 is 10.9 Å². The Kier molecular flexibility index (Phi) is 6.78. The first-order chi connectivity index (χ1) is 14.5. The van der Waals surface area contributed by atoms with Gasteiger partial charge in [0, 0.05) is 12.6 Å².